The lowest BCUT2D eigenvalue weighted by Gasteiger charge is -2.11. The summed E-state index contributed by atoms with van der Waals surface area (Å²) in [6, 6.07) is 11.8. The Labute approximate surface area is 170 Å². The molecule has 1 amide bonds. The number of amides is 1. The number of nitrogens with one attached hydrogen (secondary N) is 1. The van der Waals surface area contributed by atoms with Crippen LogP contribution in [0.4, 0.5) is 5.69 Å². The monoisotopic (exact) mass is 483 g/mol. The lowest BCUT2D eigenvalue weighted by molar-refractivity contribution is -0.149. The second kappa shape index (κ2) is 9.91. The predicted molar refractivity (Wildman–Crippen MR) is 107 cm³/mol. The molecule has 2 aromatic rings. The van der Waals surface area contributed by atoms with Gasteiger partial charge in [0.15, 0.2) is 30.5 Å². The lowest BCUT2D eigenvalue weighted by Crippen LogP contribution is -2.23. The number of carbonyl (C=O) groups excluding carboxylic acids is 3. The van der Waals surface area contributed by atoms with E-state index in [0.717, 1.165) is 3.57 Å². The fourth-order valence-corrected chi connectivity index (χ4v) is 2.42. The van der Waals surface area contributed by atoms with Gasteiger partial charge in [-0.25, -0.2) is 4.79 Å². The van der Waals surface area contributed by atoms with Gasteiger partial charge in [-0.15, -0.1) is 0 Å². The number of rotatable bonds is 8. The third kappa shape index (κ3) is 6.55. The zero-order valence-corrected chi connectivity index (χ0v) is 16.9. The largest absolute Gasteiger partial charge is 0.493 e. The number of methoxy groups -OCH3 is 1. The van der Waals surface area contributed by atoms with Gasteiger partial charge in [0.2, 0.25) is 0 Å². The fraction of sp³-hybridized carbons (Fsp3) is 0.211. The minimum absolute atomic E-state index is 0.113. The van der Waals surface area contributed by atoms with E-state index in [9.17, 15) is 14.4 Å². The van der Waals surface area contributed by atoms with Crippen molar-refractivity contribution in [2.45, 2.75) is 6.92 Å². The van der Waals surface area contributed by atoms with Crippen LogP contribution in [0.15, 0.2) is 42.5 Å². The summed E-state index contributed by atoms with van der Waals surface area (Å²) in [4.78, 5) is 34.9. The average molecular weight is 483 g/mol. The number of esters is 1. The summed E-state index contributed by atoms with van der Waals surface area (Å²) >= 11 is 2.16. The molecule has 0 heterocycles. The molecule has 2 aromatic carbocycles. The minimum atomic E-state index is -0.703. The van der Waals surface area contributed by atoms with Gasteiger partial charge in [0.1, 0.15) is 0 Å². The molecule has 0 spiro atoms. The van der Waals surface area contributed by atoms with E-state index < -0.39 is 25.1 Å². The van der Waals surface area contributed by atoms with E-state index in [-0.39, 0.29) is 5.78 Å². The molecular weight excluding hydrogens is 465 g/mol. The van der Waals surface area contributed by atoms with Gasteiger partial charge in [-0.1, -0.05) is 0 Å². The number of hydrogen-bond acceptors (Lipinski definition) is 6. The molecule has 0 radical (unpaired) electrons. The van der Waals surface area contributed by atoms with E-state index >= 15 is 0 Å². The van der Waals surface area contributed by atoms with Gasteiger partial charge in [0.05, 0.1) is 7.11 Å². The zero-order chi connectivity index (χ0) is 19.8. The molecule has 0 atom stereocenters. The summed E-state index contributed by atoms with van der Waals surface area (Å²) in [5.41, 5.74) is 1.08. The van der Waals surface area contributed by atoms with E-state index in [1.54, 1.807) is 18.2 Å². The Hall–Kier alpha value is -2.62. The summed E-state index contributed by atoms with van der Waals surface area (Å²) in [7, 11) is 1.43. The van der Waals surface area contributed by atoms with Crippen molar-refractivity contribution in [3.63, 3.8) is 0 Å². The number of carbonyl (C=O) groups is 3. The first-order chi connectivity index (χ1) is 12.9. The maximum absolute atomic E-state index is 11.8. The quantitative estimate of drug-likeness (QED) is 0.353. The highest BCUT2D eigenvalue weighted by Crippen LogP contribution is 2.28. The minimum Gasteiger partial charge on any atom is -0.493 e. The van der Waals surface area contributed by atoms with E-state index in [1.807, 2.05) is 12.1 Å². The highest BCUT2D eigenvalue weighted by Gasteiger charge is 2.12. The van der Waals surface area contributed by atoms with Crippen molar-refractivity contribution < 1.29 is 28.6 Å². The van der Waals surface area contributed by atoms with Gasteiger partial charge in [0.25, 0.3) is 5.91 Å². The predicted octanol–water partition coefficient (Wildman–Crippen LogP) is 3.06. The highest BCUT2D eigenvalue weighted by molar-refractivity contribution is 14.1. The summed E-state index contributed by atoms with van der Waals surface area (Å²) in [6.45, 7) is 0.620. The second-order valence-electron chi connectivity index (χ2n) is 5.43. The van der Waals surface area contributed by atoms with Gasteiger partial charge in [-0.3, -0.25) is 9.59 Å². The van der Waals surface area contributed by atoms with Crippen LogP contribution < -0.4 is 14.8 Å². The maximum atomic E-state index is 11.8. The molecule has 0 aliphatic heterocycles. The molecule has 0 saturated carbocycles. The van der Waals surface area contributed by atoms with Crippen molar-refractivity contribution in [2.75, 3.05) is 25.6 Å². The molecule has 2 rings (SSSR count). The van der Waals surface area contributed by atoms with Crippen LogP contribution in [0, 0.1) is 3.57 Å². The van der Waals surface area contributed by atoms with Crippen LogP contribution in [0.1, 0.15) is 17.3 Å². The number of Topliss-reactive ketones (excluding diaryl/α,β-unsaturated/α-hetero) is 1. The molecular formula is C19H18INO6. The maximum Gasteiger partial charge on any atom is 0.344 e. The van der Waals surface area contributed by atoms with Crippen molar-refractivity contribution in [1.82, 2.24) is 0 Å². The van der Waals surface area contributed by atoms with Crippen LogP contribution in [-0.2, 0) is 14.3 Å². The Morgan fingerprint density at radius 3 is 2.33 bits per heavy atom. The summed E-state index contributed by atoms with van der Waals surface area (Å²) in [6.07, 6.45) is 0. The van der Waals surface area contributed by atoms with Crippen molar-refractivity contribution in [3.8, 4) is 11.5 Å². The molecule has 0 bridgehead atoms. The molecule has 0 saturated heterocycles. The first-order valence-electron chi connectivity index (χ1n) is 7.92. The third-order valence-corrected chi connectivity index (χ3v) is 4.13. The zero-order valence-electron chi connectivity index (χ0n) is 14.8. The normalized spacial score (nSPS) is 10.0. The second-order valence-corrected chi connectivity index (χ2v) is 6.67. The van der Waals surface area contributed by atoms with Gasteiger partial charge < -0.3 is 19.5 Å². The molecule has 0 aliphatic carbocycles. The van der Waals surface area contributed by atoms with Crippen LogP contribution in [0.2, 0.25) is 0 Å². The molecule has 0 aromatic heterocycles. The molecule has 0 fully saturated rings. The van der Waals surface area contributed by atoms with Gasteiger partial charge >= 0.3 is 5.97 Å². The third-order valence-electron chi connectivity index (χ3n) is 3.41. The van der Waals surface area contributed by atoms with Crippen LogP contribution in [0.3, 0.4) is 0 Å². The van der Waals surface area contributed by atoms with Crippen LogP contribution >= 0.6 is 22.6 Å². The summed E-state index contributed by atoms with van der Waals surface area (Å²) < 4.78 is 16.4. The summed E-state index contributed by atoms with van der Waals surface area (Å²) in [5.74, 6) is -0.647. The number of anilines is 1. The Morgan fingerprint density at radius 2 is 1.70 bits per heavy atom. The van der Waals surface area contributed by atoms with E-state index in [1.165, 1.54) is 26.2 Å². The summed E-state index contributed by atoms with van der Waals surface area (Å²) in [5, 5.41) is 2.62. The molecule has 8 heteroatoms. The molecule has 27 heavy (non-hydrogen) atoms. The number of ether oxygens (including phenoxy) is 3. The standard InChI is InChI=1S/C19H18INO6/c1-12(22)13-3-8-16(17(9-13)25-2)26-11-19(24)27-10-18(23)21-15-6-4-14(20)5-7-15/h3-9H,10-11H2,1-2H3,(H,21,23). The first kappa shape index (κ1) is 20.7. The Morgan fingerprint density at radius 1 is 1.00 bits per heavy atom. The molecule has 1 N–H and O–H groups in total. The number of benzene rings is 2. The van der Waals surface area contributed by atoms with Gasteiger partial charge in [0, 0.05) is 14.8 Å². The van der Waals surface area contributed by atoms with E-state index in [0.29, 0.717) is 22.7 Å². The first-order valence-corrected chi connectivity index (χ1v) is 8.99. The Kier molecular flexibility index (Phi) is 7.59. The van der Waals surface area contributed by atoms with E-state index in [2.05, 4.69) is 27.9 Å². The van der Waals surface area contributed by atoms with Crippen LogP contribution in [-0.4, -0.2) is 38.0 Å². The molecule has 7 nitrogen and oxygen atoms in total. The molecule has 142 valence electrons. The number of hydrogen-bond donors (Lipinski definition) is 1. The molecule has 0 aliphatic rings. The Balaban J connectivity index is 1.81. The van der Waals surface area contributed by atoms with Gasteiger partial charge in [-0.2, -0.15) is 0 Å². The number of halogens is 1. The highest BCUT2D eigenvalue weighted by atomic mass is 127. The van der Waals surface area contributed by atoms with Crippen molar-refractivity contribution in [3.05, 3.63) is 51.6 Å². The van der Waals surface area contributed by atoms with Crippen molar-refractivity contribution in [1.29, 1.82) is 0 Å². The smallest absolute Gasteiger partial charge is 0.344 e. The number of ketones is 1. The lowest BCUT2D eigenvalue weighted by atomic mass is 10.1. The molecule has 0 unspecified atom stereocenters. The topological polar surface area (TPSA) is 90.9 Å². The SMILES string of the molecule is COc1cc(C(C)=O)ccc1OCC(=O)OCC(=O)Nc1ccc(I)cc1. The van der Waals surface area contributed by atoms with Crippen LogP contribution in [0.5, 0.6) is 11.5 Å². The van der Waals surface area contributed by atoms with Crippen molar-refractivity contribution in [2.24, 2.45) is 0 Å². The van der Waals surface area contributed by atoms with Gasteiger partial charge in [-0.05, 0) is 72.0 Å². The van der Waals surface area contributed by atoms with Crippen LogP contribution in [0.25, 0.3) is 0 Å². The fourth-order valence-electron chi connectivity index (χ4n) is 2.06. The average Bonchev–Trinajstić information content (AvgIpc) is 2.66. The van der Waals surface area contributed by atoms with E-state index in [4.69, 9.17) is 14.2 Å². The van der Waals surface area contributed by atoms with Crippen molar-refractivity contribution >= 4 is 45.9 Å². The Bertz CT molecular complexity index is 835.